The van der Waals surface area contributed by atoms with E-state index in [2.05, 4.69) is 52.7 Å². The first-order valence-corrected chi connectivity index (χ1v) is 14.5. The Morgan fingerprint density at radius 1 is 0.509 bits per heavy atom. The average molecular weight is 821 g/mol. The highest BCUT2D eigenvalue weighted by molar-refractivity contribution is 6.07. The summed E-state index contributed by atoms with van der Waals surface area (Å²) in [5.41, 5.74) is 35.2. The molecule has 0 aliphatic heterocycles. The van der Waals surface area contributed by atoms with Gasteiger partial charge in [-0.05, 0) is 70.5 Å². The normalized spacial score (nSPS) is 11.1. The van der Waals surface area contributed by atoms with Gasteiger partial charge in [0.1, 0.15) is 11.7 Å². The number of nitrogens with one attached hydrogen (secondary N) is 10. The molecule has 0 unspecified atom stereocenters. The average Bonchev–Trinajstić information content (AvgIpc) is 3.02. The summed E-state index contributed by atoms with van der Waals surface area (Å²) in [5, 5.41) is 52.8. The number of rotatable bonds is 14. The largest absolute Gasteiger partial charge is 0.369 e. The first-order chi connectivity index (χ1) is 23.0. The monoisotopic (exact) mass is 818 g/mol. The van der Waals surface area contributed by atoms with Gasteiger partial charge in [-0.3, -0.25) is 31.2 Å². The van der Waals surface area contributed by atoms with Gasteiger partial charge in [-0.1, -0.05) is 0 Å². The van der Waals surface area contributed by atoms with E-state index < -0.39 is 11.9 Å². The van der Waals surface area contributed by atoms with Gasteiger partial charge in [0.15, 0.2) is 11.6 Å². The Balaban J connectivity index is -0.00000625. The smallest absolute Gasteiger partial charge is 0.206 e. The van der Waals surface area contributed by atoms with E-state index >= 15 is 0 Å². The third-order valence-corrected chi connectivity index (χ3v) is 6.23. The molecule has 0 amide bonds. The van der Waals surface area contributed by atoms with Crippen molar-refractivity contribution in [2.75, 3.05) is 10.6 Å². The summed E-state index contributed by atoms with van der Waals surface area (Å²) in [7, 11) is 0. The van der Waals surface area contributed by atoms with Crippen molar-refractivity contribution in [1.82, 2.24) is 21.7 Å². The highest BCUT2D eigenvalue weighted by Gasteiger charge is 2.13. The molecule has 20 nitrogen and oxygen atoms in total. The number of ketones is 2. The molecular formula is C29H46Cl4N18O2. The molecule has 2 aromatic carbocycles. The number of Topliss-reactive ketones (excluding diaryl/α,β-unsaturated/α-hetero) is 2. The predicted octanol–water partition coefficient (Wildman–Crippen LogP) is 2.48. The van der Waals surface area contributed by atoms with Crippen molar-refractivity contribution in [3.05, 3.63) is 58.7 Å². The maximum atomic E-state index is 12.1. The van der Waals surface area contributed by atoms with E-state index in [1.165, 1.54) is 19.9 Å². The van der Waals surface area contributed by atoms with Gasteiger partial charge < -0.3 is 33.6 Å². The summed E-state index contributed by atoms with van der Waals surface area (Å²) in [6.45, 7) is 6.20. The van der Waals surface area contributed by atoms with Crippen LogP contribution in [-0.2, 0) is 0 Å². The van der Waals surface area contributed by atoms with E-state index in [4.69, 9.17) is 44.6 Å². The van der Waals surface area contributed by atoms with Crippen LogP contribution in [0, 0.1) is 21.6 Å². The highest BCUT2D eigenvalue weighted by Crippen LogP contribution is 2.20. The Kier molecular flexibility index (Phi) is 24.6. The molecule has 0 spiro atoms. The standard InChI is InChI=1S/C29H42N18O2.4ClH/c1-14(40-44-26(30)31)18-8-19(15(2)41-45-27(32)33)11-22(10-18)38-24(42-46-28(34)35)6-5-7-25(43-47-29(36)37)39-23-12-20(16(3)48)9-21(13-23)17(4)49;;;;/h8-13H,5-7H2,1-4H3,(H,38,42)(H,39,43)(H4,30,31,44)(H4,32,33,45)(H4,34,35,46)(H4,36,37,47);4*1H. The molecule has 0 atom stereocenters. The summed E-state index contributed by atoms with van der Waals surface area (Å²) in [6.07, 6.45) is 0.961. The molecule has 0 fully saturated rings. The highest BCUT2D eigenvalue weighted by atomic mass is 35.5. The number of guanidine groups is 4. The van der Waals surface area contributed by atoms with E-state index in [9.17, 15) is 9.59 Å². The lowest BCUT2D eigenvalue weighted by Crippen LogP contribution is -2.29. The predicted molar refractivity (Wildman–Crippen MR) is 222 cm³/mol. The number of carbonyl (C=O) groups is 2. The molecule has 0 aliphatic carbocycles. The third-order valence-electron chi connectivity index (χ3n) is 6.23. The van der Waals surface area contributed by atoms with Crippen LogP contribution in [0.2, 0.25) is 0 Å². The van der Waals surface area contributed by atoms with Crippen molar-refractivity contribution in [2.45, 2.75) is 47.0 Å². The number of hydrazone groups is 4. The zero-order chi connectivity index (χ0) is 36.7. The topological polar surface area (TPSA) is 355 Å². The molecule has 2 rings (SSSR count). The molecule has 0 aliphatic rings. The lowest BCUT2D eigenvalue weighted by molar-refractivity contribution is 0.101. The summed E-state index contributed by atoms with van der Waals surface area (Å²) < 4.78 is 0. The minimum atomic E-state index is -0.402. The maximum absolute atomic E-state index is 12.1. The van der Waals surface area contributed by atoms with Gasteiger partial charge in [-0.15, -0.1) is 49.6 Å². The SMILES string of the molecule is CC(=O)c1cc(NC(CCCC(=NNC(=N)N)Nc2cc(C(C)=NNC(=N)N)cc(C(C)=NNC(=N)N)c2)=NNC(=N)N)cc(C(C)=O)c1.Cl.Cl.Cl.Cl. The lowest BCUT2D eigenvalue weighted by Gasteiger charge is -2.15. The van der Waals surface area contributed by atoms with Crippen molar-refractivity contribution in [3.8, 4) is 0 Å². The summed E-state index contributed by atoms with van der Waals surface area (Å²) in [4.78, 5) is 24.2. The number of benzene rings is 2. The van der Waals surface area contributed by atoms with Crippen LogP contribution in [0.15, 0.2) is 56.8 Å². The molecule has 0 radical (unpaired) electrons. The lowest BCUT2D eigenvalue weighted by atomic mass is 10.0. The van der Waals surface area contributed by atoms with Crippen molar-refractivity contribution in [1.29, 1.82) is 21.6 Å². The van der Waals surface area contributed by atoms with Crippen molar-refractivity contribution in [3.63, 3.8) is 0 Å². The van der Waals surface area contributed by atoms with Crippen LogP contribution in [0.25, 0.3) is 0 Å². The minimum Gasteiger partial charge on any atom is -0.369 e. The summed E-state index contributed by atoms with van der Waals surface area (Å²) in [5.74, 6) is -1.24. The Labute approximate surface area is 330 Å². The molecule has 18 N–H and O–H groups in total. The second kappa shape index (κ2) is 25.3. The van der Waals surface area contributed by atoms with Crippen molar-refractivity contribution < 1.29 is 9.59 Å². The fraction of sp³-hybridized carbons (Fsp3) is 0.241. The van der Waals surface area contributed by atoms with Crippen molar-refractivity contribution in [2.24, 2.45) is 43.3 Å². The Bertz CT molecular complexity index is 1680. The quantitative estimate of drug-likeness (QED) is 0.0566. The van der Waals surface area contributed by atoms with E-state index in [0.29, 0.717) is 63.1 Å². The van der Waals surface area contributed by atoms with Crippen LogP contribution >= 0.6 is 49.6 Å². The number of nitrogens with zero attached hydrogens (tertiary/aromatic N) is 4. The number of carbonyl (C=O) groups excluding carboxylic acids is 2. The molecule has 0 saturated carbocycles. The number of hydrogen-bond donors (Lipinski definition) is 14. The van der Waals surface area contributed by atoms with E-state index in [-0.39, 0.29) is 86.0 Å². The third kappa shape index (κ3) is 19.5. The molecule has 2 aromatic rings. The summed E-state index contributed by atoms with van der Waals surface area (Å²) in [6, 6.07) is 9.99. The van der Waals surface area contributed by atoms with Gasteiger partial charge >= 0.3 is 0 Å². The van der Waals surface area contributed by atoms with Crippen LogP contribution < -0.4 is 55.3 Å². The molecule has 53 heavy (non-hydrogen) atoms. The maximum Gasteiger partial charge on any atom is 0.206 e. The zero-order valence-corrected chi connectivity index (χ0v) is 32.4. The van der Waals surface area contributed by atoms with E-state index in [1.807, 2.05) is 0 Å². The number of hydrogen-bond acceptors (Lipinski definition) is 10. The van der Waals surface area contributed by atoms with Crippen molar-refractivity contribution >= 4 is 120 Å². The fourth-order valence-corrected chi connectivity index (χ4v) is 3.95. The first kappa shape index (κ1) is 51.7. The van der Waals surface area contributed by atoms with Gasteiger partial charge in [-0.25, -0.2) is 21.7 Å². The zero-order valence-electron chi connectivity index (χ0n) is 29.1. The van der Waals surface area contributed by atoms with Crippen LogP contribution in [0.5, 0.6) is 0 Å². The van der Waals surface area contributed by atoms with Gasteiger partial charge in [0, 0.05) is 46.5 Å². The van der Waals surface area contributed by atoms with Crippen LogP contribution in [-0.4, -0.2) is 58.5 Å². The molecule has 0 bridgehead atoms. The minimum absolute atomic E-state index is 0. The Morgan fingerprint density at radius 3 is 1.09 bits per heavy atom. The van der Waals surface area contributed by atoms with E-state index in [0.717, 1.165) is 0 Å². The molecule has 0 aromatic heterocycles. The number of amidine groups is 2. The van der Waals surface area contributed by atoms with Gasteiger partial charge in [-0.2, -0.15) is 20.4 Å². The van der Waals surface area contributed by atoms with Crippen LogP contribution in [0.3, 0.4) is 0 Å². The molecule has 292 valence electrons. The fourth-order valence-electron chi connectivity index (χ4n) is 3.95. The van der Waals surface area contributed by atoms with E-state index in [1.54, 1.807) is 44.2 Å². The van der Waals surface area contributed by atoms with Gasteiger partial charge in [0.2, 0.25) is 23.8 Å². The first-order valence-electron chi connectivity index (χ1n) is 14.5. The van der Waals surface area contributed by atoms with Gasteiger partial charge in [0.25, 0.3) is 0 Å². The Morgan fingerprint density at radius 2 is 0.792 bits per heavy atom. The molecule has 0 heterocycles. The molecular weight excluding hydrogens is 774 g/mol. The van der Waals surface area contributed by atoms with Gasteiger partial charge in [0.05, 0.1) is 11.4 Å². The second-order valence-electron chi connectivity index (χ2n) is 10.4. The number of halogens is 4. The van der Waals surface area contributed by atoms with Crippen LogP contribution in [0.4, 0.5) is 11.4 Å². The summed E-state index contributed by atoms with van der Waals surface area (Å²) >= 11 is 0. The number of nitrogens with two attached hydrogens (primary N) is 4. The Hall–Kier alpha value is -5.70. The molecule has 0 saturated heterocycles. The van der Waals surface area contributed by atoms with Crippen LogP contribution in [0.1, 0.15) is 78.8 Å². The molecule has 24 heteroatoms. The number of anilines is 2. The second-order valence-corrected chi connectivity index (χ2v) is 10.4.